The third-order valence-corrected chi connectivity index (χ3v) is 1.70. The van der Waals surface area contributed by atoms with Crippen molar-refractivity contribution in [2.75, 3.05) is 6.61 Å². The van der Waals surface area contributed by atoms with Gasteiger partial charge in [-0.15, -0.1) is 0 Å². The summed E-state index contributed by atoms with van der Waals surface area (Å²) in [5.41, 5.74) is 0. The third-order valence-electron chi connectivity index (χ3n) is 1.12. The second-order valence-corrected chi connectivity index (χ2v) is 2.81. The third kappa shape index (κ3) is 2.11. The Morgan fingerprint density at radius 2 is 2.45 bits per heavy atom. The quantitative estimate of drug-likeness (QED) is 0.606. The highest BCUT2D eigenvalue weighted by Crippen LogP contribution is 1.98. The van der Waals surface area contributed by atoms with Gasteiger partial charge < -0.3 is 9.66 Å². The molecule has 0 saturated heterocycles. The Labute approximate surface area is 65.9 Å². The van der Waals surface area contributed by atoms with Crippen LogP contribution in [0.2, 0.25) is 0 Å². The van der Waals surface area contributed by atoms with Gasteiger partial charge in [-0.05, 0) is 6.07 Å². The fourth-order valence-electron chi connectivity index (χ4n) is 0.663. The van der Waals surface area contributed by atoms with Crippen LogP contribution in [0, 0.1) is 0 Å². The van der Waals surface area contributed by atoms with Crippen LogP contribution < -0.4 is 0 Å². The van der Waals surface area contributed by atoms with Crippen LogP contribution in [0.25, 0.3) is 0 Å². The molecule has 0 aliphatic carbocycles. The van der Waals surface area contributed by atoms with Crippen LogP contribution in [0.3, 0.4) is 0 Å². The van der Waals surface area contributed by atoms with Gasteiger partial charge in [0, 0.05) is 6.20 Å². The zero-order valence-corrected chi connectivity index (χ0v) is 6.49. The van der Waals surface area contributed by atoms with Gasteiger partial charge in [0.2, 0.25) is 11.1 Å². The molecule has 2 N–H and O–H groups in total. The smallest absolute Gasteiger partial charge is 0.207 e. The molecule has 5 nitrogen and oxygen atoms in total. The molecule has 1 unspecified atom stereocenters. The summed E-state index contributed by atoms with van der Waals surface area (Å²) >= 11 is -2.03. The first-order valence-electron chi connectivity index (χ1n) is 2.99. The monoisotopic (exact) mass is 176 g/mol. The average molecular weight is 176 g/mol. The minimum absolute atomic E-state index is 0.0286. The molecule has 1 atom stereocenters. The Morgan fingerprint density at radius 1 is 1.73 bits per heavy atom. The maximum Gasteiger partial charge on any atom is 0.207 e. The molecular weight excluding hydrogens is 168 g/mol. The molecule has 0 aliphatic rings. The summed E-state index contributed by atoms with van der Waals surface area (Å²) in [6.45, 7) is 0.316. The van der Waals surface area contributed by atoms with Crippen LogP contribution in [-0.4, -0.2) is 30.3 Å². The summed E-state index contributed by atoms with van der Waals surface area (Å²) in [7, 11) is 0. The molecule has 0 aromatic carbocycles. The van der Waals surface area contributed by atoms with E-state index in [0.717, 1.165) is 0 Å². The molecule has 6 heteroatoms. The number of rotatable bonds is 3. The zero-order valence-electron chi connectivity index (χ0n) is 5.67. The first-order valence-corrected chi connectivity index (χ1v) is 4.10. The Balaban J connectivity index is 2.73. The van der Waals surface area contributed by atoms with E-state index in [1.54, 1.807) is 6.20 Å². The first-order chi connectivity index (χ1) is 5.24. The van der Waals surface area contributed by atoms with Gasteiger partial charge in [-0.3, -0.25) is 4.68 Å². The lowest BCUT2D eigenvalue weighted by molar-refractivity contribution is 0.268. The first kappa shape index (κ1) is 8.38. The number of nitrogens with zero attached hydrogens (tertiary/aromatic N) is 2. The Bertz CT molecular complexity index is 260. The van der Waals surface area contributed by atoms with Crippen molar-refractivity contribution in [3.63, 3.8) is 0 Å². The van der Waals surface area contributed by atoms with Crippen LogP contribution >= 0.6 is 0 Å². The Kier molecular flexibility index (Phi) is 2.75. The maximum absolute atomic E-state index is 10.4. The van der Waals surface area contributed by atoms with Crippen LogP contribution in [0.4, 0.5) is 0 Å². The van der Waals surface area contributed by atoms with Crippen molar-refractivity contribution in [1.29, 1.82) is 0 Å². The average Bonchev–Trinajstić information content (AvgIpc) is 2.37. The lowest BCUT2D eigenvalue weighted by Crippen LogP contribution is -2.03. The van der Waals surface area contributed by atoms with Crippen LogP contribution in [-0.2, 0) is 17.6 Å². The van der Waals surface area contributed by atoms with E-state index in [1.165, 1.54) is 10.7 Å². The van der Waals surface area contributed by atoms with Gasteiger partial charge in [0.1, 0.15) is 0 Å². The molecule has 1 aromatic heterocycles. The molecule has 11 heavy (non-hydrogen) atoms. The van der Waals surface area contributed by atoms with Crippen molar-refractivity contribution in [3.05, 3.63) is 12.3 Å². The summed E-state index contributed by atoms with van der Waals surface area (Å²) in [5.74, 6) is 0. The van der Waals surface area contributed by atoms with Crippen molar-refractivity contribution in [2.45, 2.75) is 11.6 Å². The maximum atomic E-state index is 10.4. The summed E-state index contributed by atoms with van der Waals surface area (Å²) in [4.78, 5) is 0. The van der Waals surface area contributed by atoms with E-state index in [-0.39, 0.29) is 11.6 Å². The molecule has 1 rings (SSSR count). The van der Waals surface area contributed by atoms with Gasteiger partial charge in [0.05, 0.1) is 13.2 Å². The van der Waals surface area contributed by atoms with E-state index in [2.05, 4.69) is 5.10 Å². The SMILES string of the molecule is O=S(O)c1ccn(CCO)n1. The van der Waals surface area contributed by atoms with E-state index in [0.29, 0.717) is 6.54 Å². The van der Waals surface area contributed by atoms with Crippen LogP contribution in [0.15, 0.2) is 17.3 Å². The molecule has 0 spiro atoms. The standard InChI is InChI=1S/C5H8N2O3S/c8-4-3-7-2-1-5(6-7)11(9)10/h1-2,8H,3-4H2,(H,9,10). The van der Waals surface area contributed by atoms with Gasteiger partial charge in [0.15, 0.2) is 5.03 Å². The molecule has 0 bridgehead atoms. The van der Waals surface area contributed by atoms with Gasteiger partial charge in [-0.1, -0.05) is 0 Å². The highest BCUT2D eigenvalue weighted by molar-refractivity contribution is 7.79. The van der Waals surface area contributed by atoms with Crippen molar-refractivity contribution in [2.24, 2.45) is 0 Å². The number of aliphatic hydroxyl groups excluding tert-OH is 1. The van der Waals surface area contributed by atoms with Crippen molar-refractivity contribution >= 4 is 11.1 Å². The van der Waals surface area contributed by atoms with Gasteiger partial charge >= 0.3 is 0 Å². The van der Waals surface area contributed by atoms with E-state index in [1.807, 2.05) is 0 Å². The van der Waals surface area contributed by atoms with E-state index < -0.39 is 11.1 Å². The summed E-state index contributed by atoms with van der Waals surface area (Å²) in [6, 6.07) is 1.44. The van der Waals surface area contributed by atoms with Gasteiger partial charge in [0.25, 0.3) is 0 Å². The minimum Gasteiger partial charge on any atom is -0.394 e. The van der Waals surface area contributed by atoms with E-state index in [9.17, 15) is 4.21 Å². The molecular formula is C5H8N2O3S. The molecule has 0 fully saturated rings. The normalized spacial score (nSPS) is 13.3. The summed E-state index contributed by atoms with van der Waals surface area (Å²) in [5, 5.41) is 12.3. The number of hydrogen-bond donors (Lipinski definition) is 2. The predicted molar refractivity (Wildman–Crippen MR) is 38.4 cm³/mol. The molecule has 0 radical (unpaired) electrons. The molecule has 1 aromatic rings. The zero-order chi connectivity index (χ0) is 8.27. The second-order valence-electron chi connectivity index (χ2n) is 1.89. The Morgan fingerprint density at radius 3 is 2.91 bits per heavy atom. The van der Waals surface area contributed by atoms with Crippen molar-refractivity contribution < 1.29 is 13.9 Å². The largest absolute Gasteiger partial charge is 0.394 e. The van der Waals surface area contributed by atoms with Crippen molar-refractivity contribution in [3.8, 4) is 0 Å². The fourth-order valence-corrected chi connectivity index (χ4v) is 1.02. The molecule has 62 valence electrons. The Hall–Kier alpha value is -0.720. The highest BCUT2D eigenvalue weighted by atomic mass is 32.2. The molecule has 1 heterocycles. The van der Waals surface area contributed by atoms with Crippen molar-refractivity contribution in [1.82, 2.24) is 9.78 Å². The van der Waals surface area contributed by atoms with Crippen LogP contribution in [0.5, 0.6) is 0 Å². The molecule has 0 aliphatic heterocycles. The topological polar surface area (TPSA) is 75.3 Å². The lowest BCUT2D eigenvalue weighted by atomic mass is 10.7. The van der Waals surface area contributed by atoms with Gasteiger partial charge in [-0.2, -0.15) is 5.10 Å². The number of hydrogen-bond acceptors (Lipinski definition) is 3. The highest BCUT2D eigenvalue weighted by Gasteiger charge is 2.02. The second kappa shape index (κ2) is 3.61. The number of aliphatic hydroxyl groups is 1. The summed E-state index contributed by atoms with van der Waals surface area (Å²) in [6.07, 6.45) is 1.54. The van der Waals surface area contributed by atoms with E-state index >= 15 is 0 Å². The van der Waals surface area contributed by atoms with Crippen LogP contribution in [0.1, 0.15) is 0 Å². The number of aromatic nitrogens is 2. The molecule has 0 amide bonds. The fraction of sp³-hybridized carbons (Fsp3) is 0.400. The minimum atomic E-state index is -2.03. The van der Waals surface area contributed by atoms with E-state index in [4.69, 9.17) is 9.66 Å². The molecule has 0 saturated carbocycles. The summed E-state index contributed by atoms with van der Waals surface area (Å²) < 4.78 is 20.3. The lowest BCUT2D eigenvalue weighted by Gasteiger charge is -1.93. The van der Waals surface area contributed by atoms with Gasteiger partial charge in [-0.25, -0.2) is 4.21 Å². The predicted octanol–water partition coefficient (Wildman–Crippen LogP) is -0.544.